The maximum absolute atomic E-state index is 9.06. The quantitative estimate of drug-likeness (QED) is 0.594. The van der Waals surface area contributed by atoms with Gasteiger partial charge in [0, 0.05) is 4.91 Å². The molecule has 1 aromatic rings. The van der Waals surface area contributed by atoms with E-state index in [0.29, 0.717) is 0 Å². The number of nitriles is 2. The summed E-state index contributed by atoms with van der Waals surface area (Å²) in [7, 11) is 0. The average Bonchev–Trinajstić information content (AvgIpc) is 3.17. The standard InChI is InChI=1S/C17H12N2S4/c1-10-11(2)22-17(21-10)16-20-9-15(23-16)13-5-3-4-12(6-13)14(7-18)8-19/h3-6,9,14H,1-2H3. The monoisotopic (exact) mass is 372 g/mol. The zero-order chi connectivity index (χ0) is 16.4. The molecule has 1 aromatic carbocycles. The van der Waals surface area contributed by atoms with Crippen molar-refractivity contribution in [3.05, 3.63) is 59.1 Å². The molecular formula is C17H12N2S4. The molecule has 0 N–H and O–H groups in total. The summed E-state index contributed by atoms with van der Waals surface area (Å²) in [5.74, 6) is -0.706. The molecule has 2 heterocycles. The predicted octanol–water partition coefficient (Wildman–Crippen LogP) is 6.45. The van der Waals surface area contributed by atoms with Gasteiger partial charge in [-0.25, -0.2) is 0 Å². The molecule has 2 aliphatic rings. The number of benzene rings is 1. The summed E-state index contributed by atoms with van der Waals surface area (Å²) in [6.45, 7) is 4.32. The largest absolute Gasteiger partial charge is 0.196 e. The van der Waals surface area contributed by atoms with Gasteiger partial charge >= 0.3 is 0 Å². The highest BCUT2D eigenvalue weighted by atomic mass is 32.2. The summed E-state index contributed by atoms with van der Waals surface area (Å²) in [6.07, 6.45) is 0. The molecule has 3 rings (SSSR count). The van der Waals surface area contributed by atoms with Gasteiger partial charge in [0.1, 0.15) is 0 Å². The van der Waals surface area contributed by atoms with Crippen LogP contribution >= 0.6 is 47.0 Å². The first-order valence-corrected chi connectivity index (χ1v) is 10.2. The highest BCUT2D eigenvalue weighted by Gasteiger charge is 2.24. The molecule has 0 saturated carbocycles. The van der Waals surface area contributed by atoms with Crippen molar-refractivity contribution < 1.29 is 0 Å². The third-order valence-electron chi connectivity index (χ3n) is 3.39. The van der Waals surface area contributed by atoms with E-state index in [0.717, 1.165) is 11.1 Å². The van der Waals surface area contributed by atoms with Gasteiger partial charge in [-0.3, -0.25) is 0 Å². The molecule has 0 bridgehead atoms. The third kappa shape index (κ3) is 3.51. The summed E-state index contributed by atoms with van der Waals surface area (Å²) in [5, 5.41) is 20.3. The van der Waals surface area contributed by atoms with E-state index in [1.807, 2.05) is 59.9 Å². The average molecular weight is 373 g/mol. The molecule has 0 unspecified atom stereocenters. The summed E-state index contributed by atoms with van der Waals surface area (Å²) in [6, 6.07) is 11.8. The van der Waals surface area contributed by atoms with Crippen molar-refractivity contribution in [2.45, 2.75) is 19.8 Å². The highest BCUT2D eigenvalue weighted by Crippen LogP contribution is 2.59. The van der Waals surface area contributed by atoms with E-state index in [4.69, 9.17) is 10.5 Å². The summed E-state index contributed by atoms with van der Waals surface area (Å²) < 4.78 is 2.66. The minimum absolute atomic E-state index is 0.706. The lowest BCUT2D eigenvalue weighted by Gasteiger charge is -2.06. The highest BCUT2D eigenvalue weighted by molar-refractivity contribution is 8.35. The van der Waals surface area contributed by atoms with Crippen LogP contribution in [0.5, 0.6) is 0 Å². The maximum Gasteiger partial charge on any atom is 0.158 e. The first kappa shape index (κ1) is 16.7. The van der Waals surface area contributed by atoms with Crippen LogP contribution in [-0.2, 0) is 0 Å². The lowest BCUT2D eigenvalue weighted by Crippen LogP contribution is -1.92. The molecule has 0 radical (unpaired) electrons. The first-order chi connectivity index (χ1) is 11.1. The number of rotatable bonds is 2. The normalized spacial score (nSPS) is 17.5. The Kier molecular flexibility index (Phi) is 5.18. The molecule has 0 amide bonds. The second-order valence-corrected chi connectivity index (χ2v) is 9.81. The van der Waals surface area contributed by atoms with Gasteiger partial charge in [-0.15, -0.1) is 0 Å². The predicted molar refractivity (Wildman–Crippen MR) is 104 cm³/mol. The fourth-order valence-electron chi connectivity index (χ4n) is 2.05. The van der Waals surface area contributed by atoms with Gasteiger partial charge in [-0.1, -0.05) is 65.2 Å². The van der Waals surface area contributed by atoms with E-state index >= 15 is 0 Å². The van der Waals surface area contributed by atoms with Crippen LogP contribution in [0.15, 0.2) is 48.0 Å². The van der Waals surface area contributed by atoms with Crippen LogP contribution in [0.4, 0.5) is 0 Å². The SMILES string of the molecule is CC1=C(C)SC(=C2SC=C(c3cccc(C(C#N)C#N)c3)S2)S1. The lowest BCUT2D eigenvalue weighted by atomic mass is 10.00. The van der Waals surface area contributed by atoms with Crippen molar-refractivity contribution in [2.24, 2.45) is 0 Å². The Labute approximate surface area is 153 Å². The van der Waals surface area contributed by atoms with Crippen molar-refractivity contribution >= 4 is 52.0 Å². The Morgan fingerprint density at radius 2 is 1.65 bits per heavy atom. The smallest absolute Gasteiger partial charge is 0.158 e. The van der Waals surface area contributed by atoms with E-state index in [-0.39, 0.29) is 0 Å². The van der Waals surface area contributed by atoms with Gasteiger partial charge in [-0.2, -0.15) is 10.5 Å². The van der Waals surface area contributed by atoms with Crippen LogP contribution in [0.25, 0.3) is 4.91 Å². The van der Waals surface area contributed by atoms with Crippen molar-refractivity contribution in [1.82, 2.24) is 0 Å². The van der Waals surface area contributed by atoms with Crippen LogP contribution < -0.4 is 0 Å². The minimum Gasteiger partial charge on any atom is -0.196 e. The van der Waals surface area contributed by atoms with Crippen molar-refractivity contribution in [2.75, 3.05) is 0 Å². The first-order valence-electron chi connectivity index (χ1n) is 6.84. The molecule has 0 fully saturated rings. The molecule has 2 aliphatic heterocycles. The van der Waals surface area contributed by atoms with E-state index in [9.17, 15) is 0 Å². The van der Waals surface area contributed by atoms with Gasteiger partial charge in [0.05, 0.1) is 20.6 Å². The maximum atomic E-state index is 9.06. The van der Waals surface area contributed by atoms with Gasteiger partial charge in [-0.05, 0) is 46.3 Å². The van der Waals surface area contributed by atoms with Gasteiger partial charge in [0.2, 0.25) is 0 Å². The third-order valence-corrected chi connectivity index (χ3v) is 8.96. The fourth-order valence-corrected chi connectivity index (χ4v) is 7.18. The molecule has 0 atom stereocenters. The Bertz CT molecular complexity index is 807. The second-order valence-electron chi connectivity index (χ2n) is 4.91. The fraction of sp³-hybridized carbons (Fsp3) is 0.176. The van der Waals surface area contributed by atoms with E-state index in [1.165, 1.54) is 23.2 Å². The Hall–Kier alpha value is -1.18. The van der Waals surface area contributed by atoms with Crippen molar-refractivity contribution in [3.8, 4) is 12.1 Å². The zero-order valence-corrected chi connectivity index (χ0v) is 15.8. The van der Waals surface area contributed by atoms with E-state index < -0.39 is 5.92 Å². The number of allylic oxidation sites excluding steroid dienone is 2. The molecule has 23 heavy (non-hydrogen) atoms. The van der Waals surface area contributed by atoms with Gasteiger partial charge in [0.25, 0.3) is 0 Å². The van der Waals surface area contributed by atoms with Crippen LogP contribution in [0.2, 0.25) is 0 Å². The second kappa shape index (κ2) is 7.15. The molecule has 114 valence electrons. The van der Waals surface area contributed by atoms with Crippen LogP contribution in [0.1, 0.15) is 30.9 Å². The van der Waals surface area contributed by atoms with Gasteiger partial charge in [0.15, 0.2) is 5.92 Å². The minimum atomic E-state index is -0.706. The van der Waals surface area contributed by atoms with E-state index in [2.05, 4.69) is 19.3 Å². The number of hydrogen-bond donors (Lipinski definition) is 0. The van der Waals surface area contributed by atoms with Crippen LogP contribution in [-0.4, -0.2) is 0 Å². The topological polar surface area (TPSA) is 47.6 Å². The zero-order valence-electron chi connectivity index (χ0n) is 12.5. The Morgan fingerprint density at radius 3 is 2.30 bits per heavy atom. The Balaban J connectivity index is 1.81. The van der Waals surface area contributed by atoms with E-state index in [1.54, 1.807) is 23.5 Å². The van der Waals surface area contributed by atoms with Gasteiger partial charge < -0.3 is 0 Å². The molecule has 6 heteroatoms. The molecule has 0 saturated heterocycles. The van der Waals surface area contributed by atoms with Crippen LogP contribution in [0.3, 0.4) is 0 Å². The molecule has 0 aromatic heterocycles. The molecule has 0 aliphatic carbocycles. The van der Waals surface area contributed by atoms with Crippen molar-refractivity contribution in [3.63, 3.8) is 0 Å². The number of hydrogen-bond acceptors (Lipinski definition) is 6. The lowest BCUT2D eigenvalue weighted by molar-refractivity contribution is 1.10. The van der Waals surface area contributed by atoms with Crippen LogP contribution in [0, 0.1) is 22.7 Å². The summed E-state index contributed by atoms with van der Waals surface area (Å²) >= 11 is 7.21. The van der Waals surface area contributed by atoms with Crippen molar-refractivity contribution in [1.29, 1.82) is 10.5 Å². The number of nitrogens with zero attached hydrogens (tertiary/aromatic N) is 2. The summed E-state index contributed by atoms with van der Waals surface area (Å²) in [4.78, 5) is 3.93. The molecular weight excluding hydrogens is 360 g/mol. The Morgan fingerprint density at radius 1 is 0.957 bits per heavy atom. The number of thioether (sulfide) groups is 4. The summed E-state index contributed by atoms with van der Waals surface area (Å²) in [5.41, 5.74) is 1.83. The molecule has 2 nitrogen and oxygen atoms in total. The molecule has 0 spiro atoms.